The van der Waals surface area contributed by atoms with E-state index in [0.717, 1.165) is 0 Å². The van der Waals surface area contributed by atoms with Gasteiger partial charge in [0, 0.05) is 11.1 Å². The number of benzene rings is 2. The molecule has 208 valence electrons. The fraction of sp³-hybridized carbons (Fsp3) is 0.294. The minimum Gasteiger partial charge on any atom is -0.376 e. The Morgan fingerprint density at radius 2 is 0.757 bits per heavy atom. The van der Waals surface area contributed by atoms with E-state index in [-0.39, 0.29) is 24.3 Å². The first kappa shape index (κ1) is 30.3. The van der Waals surface area contributed by atoms with Crippen molar-refractivity contribution in [1.29, 1.82) is 0 Å². The maximum Gasteiger partial charge on any atom is 0.534 e. The number of halogens is 12. The number of alkyl halides is 12. The number of para-hydroxylation sites is 2. The third-order valence-corrected chi connectivity index (χ3v) is 6.33. The maximum absolute atomic E-state index is 14.4. The molecule has 0 fully saturated rings. The minimum atomic E-state index is -6.88. The molecular formula is C17H8F12O6S2. The molecule has 0 amide bonds. The van der Waals surface area contributed by atoms with Gasteiger partial charge in [0.2, 0.25) is 5.41 Å². The van der Waals surface area contributed by atoms with Crippen molar-refractivity contribution in [2.45, 2.75) is 28.8 Å². The average molecular weight is 600 g/mol. The summed E-state index contributed by atoms with van der Waals surface area (Å²) in [6.07, 6.45) is -13.5. The van der Waals surface area contributed by atoms with E-state index in [1.807, 2.05) is 0 Å². The molecule has 20 heteroatoms. The smallest absolute Gasteiger partial charge is 0.376 e. The lowest BCUT2D eigenvalue weighted by Crippen LogP contribution is -2.55. The van der Waals surface area contributed by atoms with E-state index < -0.39 is 71.6 Å². The summed E-state index contributed by atoms with van der Waals surface area (Å²) in [4.78, 5) is 0. The molecule has 0 saturated carbocycles. The lowest BCUT2D eigenvalue weighted by molar-refractivity contribution is -0.289. The van der Waals surface area contributed by atoms with Crippen LogP contribution in [0.4, 0.5) is 52.7 Å². The van der Waals surface area contributed by atoms with Gasteiger partial charge in [-0.25, -0.2) is 0 Å². The largest absolute Gasteiger partial charge is 0.534 e. The summed E-state index contributed by atoms with van der Waals surface area (Å²) >= 11 is 0. The van der Waals surface area contributed by atoms with Gasteiger partial charge in [0.05, 0.1) is 0 Å². The number of hydrogen-bond donors (Lipinski definition) is 0. The summed E-state index contributed by atoms with van der Waals surface area (Å²) in [5, 5.41) is 0. The minimum absolute atomic E-state index is 0.0270. The molecule has 0 heterocycles. The van der Waals surface area contributed by atoms with E-state index in [2.05, 4.69) is 8.37 Å². The zero-order valence-corrected chi connectivity index (χ0v) is 18.6. The molecule has 6 nitrogen and oxygen atoms in total. The summed E-state index contributed by atoms with van der Waals surface area (Å²) in [5.74, 6) is -4.36. The summed E-state index contributed by atoms with van der Waals surface area (Å²) in [6.45, 7) is 0. The Hall–Kier alpha value is -2.90. The van der Waals surface area contributed by atoms with E-state index >= 15 is 0 Å². The third kappa shape index (κ3) is 5.39. The number of hydrogen-bond acceptors (Lipinski definition) is 6. The van der Waals surface area contributed by atoms with E-state index in [1.54, 1.807) is 0 Å². The van der Waals surface area contributed by atoms with Crippen LogP contribution in [-0.2, 0) is 25.7 Å². The molecule has 0 saturated heterocycles. The Morgan fingerprint density at radius 1 is 0.486 bits per heavy atom. The summed E-state index contributed by atoms with van der Waals surface area (Å²) in [6, 6.07) is 1.34. The zero-order chi connectivity index (χ0) is 28.9. The second kappa shape index (κ2) is 9.14. The standard InChI is InChI=1S/C17H8F12O6S2/c18-14(19,20)13(15(21,22)23,9-5-1-3-7-11(9)34-36(30,31)16(24,25)26)10-6-2-4-8-12(10)35-37(32,33)17(27,28)29/h1-8H. The Balaban J connectivity index is 3.07. The SMILES string of the molecule is O=S(=O)(Oc1ccccc1C(c1ccccc1OS(=O)(=O)C(F)(F)F)(C(F)(F)F)C(F)(F)F)C(F)(F)F. The molecule has 0 unspecified atom stereocenters. The Kier molecular flexibility index (Phi) is 7.49. The molecule has 37 heavy (non-hydrogen) atoms. The highest BCUT2D eigenvalue weighted by Gasteiger charge is 2.74. The van der Waals surface area contributed by atoms with Crippen molar-refractivity contribution in [3.63, 3.8) is 0 Å². The molecule has 0 N–H and O–H groups in total. The first-order valence-corrected chi connectivity index (χ1v) is 11.6. The van der Waals surface area contributed by atoms with Crippen molar-refractivity contribution in [2.75, 3.05) is 0 Å². The quantitative estimate of drug-likeness (QED) is 0.246. The molecule has 0 radical (unpaired) electrons. The zero-order valence-electron chi connectivity index (χ0n) is 16.9. The van der Waals surface area contributed by atoms with Gasteiger partial charge >= 0.3 is 43.6 Å². The van der Waals surface area contributed by atoms with Crippen LogP contribution in [0, 0.1) is 0 Å². The second-order valence-corrected chi connectivity index (χ2v) is 9.78. The fourth-order valence-corrected chi connectivity index (χ4v) is 3.90. The van der Waals surface area contributed by atoms with Crippen LogP contribution in [0.5, 0.6) is 11.5 Å². The molecule has 0 aliphatic carbocycles. The van der Waals surface area contributed by atoms with Crippen LogP contribution in [0.15, 0.2) is 48.5 Å². The Morgan fingerprint density at radius 3 is 1.00 bits per heavy atom. The Bertz CT molecular complexity index is 1250. The molecule has 2 rings (SSSR count). The van der Waals surface area contributed by atoms with Crippen molar-refractivity contribution in [3.05, 3.63) is 59.7 Å². The lowest BCUT2D eigenvalue weighted by Gasteiger charge is -2.39. The van der Waals surface area contributed by atoms with Crippen LogP contribution in [0.1, 0.15) is 11.1 Å². The molecule has 0 aliphatic rings. The van der Waals surface area contributed by atoms with Crippen LogP contribution >= 0.6 is 0 Å². The highest BCUT2D eigenvalue weighted by molar-refractivity contribution is 7.88. The van der Waals surface area contributed by atoms with E-state index in [9.17, 15) is 69.5 Å². The first-order chi connectivity index (χ1) is 16.4. The molecule has 2 aromatic rings. The van der Waals surface area contributed by atoms with Gasteiger partial charge in [-0.3, -0.25) is 0 Å². The molecule has 0 bridgehead atoms. The summed E-state index contributed by atoms with van der Waals surface area (Å²) < 4.78 is 215. The lowest BCUT2D eigenvalue weighted by atomic mass is 9.72. The second-order valence-electron chi connectivity index (χ2n) is 6.70. The topological polar surface area (TPSA) is 86.7 Å². The van der Waals surface area contributed by atoms with Crippen molar-refractivity contribution in [2.24, 2.45) is 0 Å². The van der Waals surface area contributed by atoms with Gasteiger partial charge in [-0.1, -0.05) is 36.4 Å². The van der Waals surface area contributed by atoms with Crippen LogP contribution in [0.3, 0.4) is 0 Å². The molecule has 0 aliphatic heterocycles. The van der Waals surface area contributed by atoms with Crippen molar-refractivity contribution in [1.82, 2.24) is 0 Å². The van der Waals surface area contributed by atoms with Gasteiger partial charge in [-0.2, -0.15) is 69.5 Å². The average Bonchev–Trinajstić information content (AvgIpc) is 2.66. The van der Waals surface area contributed by atoms with Crippen LogP contribution in [-0.4, -0.2) is 40.2 Å². The Labute approximate surface area is 198 Å². The van der Waals surface area contributed by atoms with E-state index in [0.29, 0.717) is 24.3 Å². The van der Waals surface area contributed by atoms with Crippen LogP contribution < -0.4 is 8.37 Å². The fourth-order valence-electron chi connectivity index (χ4n) is 2.95. The molecule has 0 aromatic heterocycles. The molecule has 0 spiro atoms. The maximum atomic E-state index is 14.4. The van der Waals surface area contributed by atoms with Gasteiger partial charge in [0.15, 0.2) is 0 Å². The van der Waals surface area contributed by atoms with Gasteiger partial charge in [-0.05, 0) is 12.1 Å². The molecule has 2 aromatic carbocycles. The molecular weight excluding hydrogens is 592 g/mol. The van der Waals surface area contributed by atoms with Crippen molar-refractivity contribution >= 4 is 20.2 Å². The highest BCUT2D eigenvalue weighted by Crippen LogP contribution is 2.60. The monoisotopic (exact) mass is 600 g/mol. The van der Waals surface area contributed by atoms with Gasteiger partial charge in [0.25, 0.3) is 0 Å². The third-order valence-electron chi connectivity index (χ3n) is 4.40. The normalized spacial score (nSPS) is 14.4. The van der Waals surface area contributed by atoms with Crippen LogP contribution in [0.25, 0.3) is 0 Å². The first-order valence-electron chi connectivity index (χ1n) is 8.74. The highest BCUT2D eigenvalue weighted by atomic mass is 32.2. The van der Waals surface area contributed by atoms with Crippen LogP contribution in [0.2, 0.25) is 0 Å². The van der Waals surface area contributed by atoms with Gasteiger partial charge in [-0.15, -0.1) is 0 Å². The van der Waals surface area contributed by atoms with E-state index in [1.165, 1.54) is 0 Å². The number of rotatable bonds is 6. The predicted molar refractivity (Wildman–Crippen MR) is 97.0 cm³/mol. The predicted octanol–water partition coefficient (Wildman–Crippen LogP) is 5.55. The van der Waals surface area contributed by atoms with E-state index in [4.69, 9.17) is 0 Å². The van der Waals surface area contributed by atoms with Gasteiger partial charge in [0.1, 0.15) is 11.5 Å². The summed E-state index contributed by atoms with van der Waals surface area (Å²) in [5.41, 5.74) is -23.1. The molecule has 0 atom stereocenters. The van der Waals surface area contributed by atoms with Gasteiger partial charge < -0.3 is 8.37 Å². The summed E-state index contributed by atoms with van der Waals surface area (Å²) in [7, 11) is -13.8. The van der Waals surface area contributed by atoms with Crippen molar-refractivity contribution in [3.8, 4) is 11.5 Å². The van der Waals surface area contributed by atoms with Crippen molar-refractivity contribution < 1.29 is 77.9 Å².